The van der Waals surface area contributed by atoms with Gasteiger partial charge in [0.25, 0.3) is 0 Å². The third-order valence-electron chi connectivity index (χ3n) is 4.92. The molecule has 1 saturated heterocycles. The number of nitrogens with two attached hydrogens (primary N) is 1. The molecule has 1 aliphatic heterocycles. The highest BCUT2D eigenvalue weighted by Gasteiger charge is 2.62. The van der Waals surface area contributed by atoms with Crippen LogP contribution in [-0.2, 0) is 28.2 Å². The average Bonchev–Trinajstić information content (AvgIpc) is 3.10. The van der Waals surface area contributed by atoms with E-state index in [2.05, 4.69) is 5.10 Å². The molecule has 2 heterocycles. The van der Waals surface area contributed by atoms with Crippen molar-refractivity contribution in [1.29, 1.82) is 0 Å². The first kappa shape index (κ1) is 19.8. The van der Waals surface area contributed by atoms with Gasteiger partial charge in [0.05, 0.1) is 11.3 Å². The van der Waals surface area contributed by atoms with Crippen molar-refractivity contribution in [3.8, 4) is 0 Å². The fraction of sp³-hybridized carbons (Fsp3) is 0.353. The summed E-state index contributed by atoms with van der Waals surface area (Å²) in [5.41, 5.74) is 0.308. The van der Waals surface area contributed by atoms with E-state index in [0.717, 1.165) is 27.8 Å². The molecule has 6 nitrogen and oxygen atoms in total. The van der Waals surface area contributed by atoms with Crippen LogP contribution in [0.4, 0.5) is 22.0 Å². The second kappa shape index (κ2) is 6.28. The Morgan fingerprint density at radius 1 is 1.29 bits per heavy atom. The molecule has 150 valence electrons. The Morgan fingerprint density at radius 2 is 1.93 bits per heavy atom. The molecule has 1 fully saturated rings. The van der Waals surface area contributed by atoms with Crippen molar-refractivity contribution >= 4 is 11.8 Å². The van der Waals surface area contributed by atoms with Gasteiger partial charge in [-0.3, -0.25) is 14.3 Å². The maximum atomic E-state index is 14.6. The molecule has 0 spiro atoms. The standard InChI is InChI=1S/C17H15F5N4O2/c1-25-6-9(13-10(17(20,21)22)7-26(2)24-13)16(14(23)27,15(25)28)8-4-3-5-11(18)12(8)19/h3-5,7,9H,6H2,1-2H3,(H2,23,27). The summed E-state index contributed by atoms with van der Waals surface area (Å²) in [6.45, 7) is -0.391. The lowest BCUT2D eigenvalue weighted by molar-refractivity contribution is -0.141. The molecule has 2 unspecified atom stereocenters. The van der Waals surface area contributed by atoms with E-state index in [4.69, 9.17) is 5.73 Å². The van der Waals surface area contributed by atoms with Crippen molar-refractivity contribution in [2.45, 2.75) is 17.5 Å². The Labute approximate surface area is 155 Å². The van der Waals surface area contributed by atoms with Gasteiger partial charge in [-0.1, -0.05) is 12.1 Å². The summed E-state index contributed by atoms with van der Waals surface area (Å²) >= 11 is 0. The van der Waals surface area contributed by atoms with E-state index in [1.807, 2.05) is 0 Å². The summed E-state index contributed by atoms with van der Waals surface area (Å²) in [6.07, 6.45) is -4.16. The topological polar surface area (TPSA) is 81.2 Å². The summed E-state index contributed by atoms with van der Waals surface area (Å²) in [5, 5.41) is 3.78. The van der Waals surface area contributed by atoms with Gasteiger partial charge >= 0.3 is 6.18 Å². The molecule has 11 heteroatoms. The first-order valence-electron chi connectivity index (χ1n) is 8.03. The number of benzene rings is 1. The van der Waals surface area contributed by atoms with E-state index in [0.29, 0.717) is 6.20 Å². The Bertz CT molecular complexity index is 971. The highest BCUT2D eigenvalue weighted by Crippen LogP contribution is 2.49. The summed E-state index contributed by atoms with van der Waals surface area (Å²) in [6, 6.07) is 2.77. The quantitative estimate of drug-likeness (QED) is 0.627. The van der Waals surface area contributed by atoms with Crippen molar-refractivity contribution in [2.24, 2.45) is 12.8 Å². The molecule has 2 aromatic rings. The lowest BCUT2D eigenvalue weighted by Crippen LogP contribution is -2.51. The third kappa shape index (κ3) is 2.64. The zero-order valence-corrected chi connectivity index (χ0v) is 14.7. The molecule has 0 aliphatic carbocycles. The largest absolute Gasteiger partial charge is 0.419 e. The van der Waals surface area contributed by atoms with Crippen LogP contribution in [-0.4, -0.2) is 40.1 Å². The fourth-order valence-corrected chi connectivity index (χ4v) is 3.74. The van der Waals surface area contributed by atoms with Gasteiger partial charge in [-0.25, -0.2) is 8.78 Å². The van der Waals surface area contributed by atoms with E-state index in [1.165, 1.54) is 14.1 Å². The van der Waals surface area contributed by atoms with Gasteiger partial charge in [-0.2, -0.15) is 18.3 Å². The molecule has 0 radical (unpaired) electrons. The first-order chi connectivity index (χ1) is 12.9. The number of hydrogen-bond acceptors (Lipinski definition) is 3. The number of halogens is 5. The Morgan fingerprint density at radius 3 is 2.50 bits per heavy atom. The molecule has 1 aromatic heterocycles. The zero-order chi connectivity index (χ0) is 21.0. The second-order valence-electron chi connectivity index (χ2n) is 6.61. The van der Waals surface area contributed by atoms with Crippen molar-refractivity contribution in [2.75, 3.05) is 13.6 Å². The number of likely N-dealkylation sites (tertiary alicyclic amines) is 1. The van der Waals surface area contributed by atoms with Crippen LogP contribution in [0.5, 0.6) is 0 Å². The number of hydrogen-bond donors (Lipinski definition) is 1. The molecular formula is C17H15F5N4O2. The van der Waals surface area contributed by atoms with Crippen molar-refractivity contribution in [3.63, 3.8) is 0 Å². The normalized spacial score (nSPS) is 22.8. The highest BCUT2D eigenvalue weighted by atomic mass is 19.4. The van der Waals surface area contributed by atoms with Gasteiger partial charge in [0, 0.05) is 38.3 Å². The number of carbonyl (C=O) groups is 2. The van der Waals surface area contributed by atoms with Crippen LogP contribution in [0.25, 0.3) is 0 Å². The summed E-state index contributed by atoms with van der Waals surface area (Å²) < 4.78 is 69.8. The van der Waals surface area contributed by atoms with Crippen LogP contribution < -0.4 is 5.73 Å². The van der Waals surface area contributed by atoms with Gasteiger partial charge in [-0.05, 0) is 6.07 Å². The van der Waals surface area contributed by atoms with Gasteiger partial charge in [0.2, 0.25) is 11.8 Å². The molecule has 2 atom stereocenters. The number of alkyl halides is 3. The number of amides is 2. The zero-order valence-electron chi connectivity index (χ0n) is 14.7. The number of aromatic nitrogens is 2. The number of nitrogens with zero attached hydrogens (tertiary/aromatic N) is 3. The van der Waals surface area contributed by atoms with Gasteiger partial charge in [-0.15, -0.1) is 0 Å². The minimum absolute atomic E-state index is 0.391. The maximum absolute atomic E-state index is 14.6. The van der Waals surface area contributed by atoms with Crippen LogP contribution in [0.3, 0.4) is 0 Å². The lowest BCUT2D eigenvalue weighted by Gasteiger charge is -2.30. The maximum Gasteiger partial charge on any atom is 0.419 e. The number of rotatable bonds is 3. The number of carbonyl (C=O) groups excluding carboxylic acids is 2. The van der Waals surface area contributed by atoms with Crippen LogP contribution in [0, 0.1) is 11.6 Å². The molecule has 2 amide bonds. The monoisotopic (exact) mass is 402 g/mol. The Balaban J connectivity index is 2.37. The van der Waals surface area contributed by atoms with E-state index in [9.17, 15) is 31.5 Å². The highest BCUT2D eigenvalue weighted by molar-refractivity contribution is 6.13. The van der Waals surface area contributed by atoms with Crippen LogP contribution in [0.2, 0.25) is 0 Å². The molecule has 28 heavy (non-hydrogen) atoms. The van der Waals surface area contributed by atoms with Crippen LogP contribution >= 0.6 is 0 Å². The van der Waals surface area contributed by atoms with Crippen LogP contribution in [0.15, 0.2) is 24.4 Å². The smallest absolute Gasteiger partial charge is 0.368 e. The second-order valence-corrected chi connectivity index (χ2v) is 6.61. The van der Waals surface area contributed by atoms with Gasteiger partial charge < -0.3 is 10.6 Å². The molecular weight excluding hydrogens is 387 g/mol. The van der Waals surface area contributed by atoms with Gasteiger partial charge in [0.1, 0.15) is 0 Å². The number of aryl methyl sites for hydroxylation is 1. The van der Waals surface area contributed by atoms with E-state index >= 15 is 0 Å². The Hall–Kier alpha value is -2.98. The van der Waals surface area contributed by atoms with Crippen molar-refractivity contribution < 1.29 is 31.5 Å². The van der Waals surface area contributed by atoms with Crippen LogP contribution in [0.1, 0.15) is 22.7 Å². The third-order valence-corrected chi connectivity index (χ3v) is 4.92. The Kier molecular flexibility index (Phi) is 4.43. The minimum Gasteiger partial charge on any atom is -0.368 e. The molecule has 0 saturated carbocycles. The van der Waals surface area contributed by atoms with E-state index < -0.39 is 64.3 Å². The summed E-state index contributed by atoms with van der Waals surface area (Å²) in [4.78, 5) is 26.3. The first-order valence-corrected chi connectivity index (χ1v) is 8.03. The predicted octanol–water partition coefficient (Wildman–Crippen LogP) is 1.70. The summed E-state index contributed by atoms with van der Waals surface area (Å²) in [5.74, 6) is -6.89. The van der Waals surface area contributed by atoms with Crippen molar-refractivity contribution in [1.82, 2.24) is 14.7 Å². The lowest BCUT2D eigenvalue weighted by atomic mass is 9.69. The van der Waals surface area contributed by atoms with Crippen molar-refractivity contribution in [3.05, 3.63) is 52.9 Å². The summed E-state index contributed by atoms with van der Waals surface area (Å²) in [7, 11) is 2.46. The molecule has 2 N–H and O–H groups in total. The van der Waals surface area contributed by atoms with E-state index in [1.54, 1.807) is 0 Å². The van der Waals surface area contributed by atoms with E-state index in [-0.39, 0.29) is 0 Å². The minimum atomic E-state index is -4.85. The fourth-order valence-electron chi connectivity index (χ4n) is 3.74. The molecule has 1 aromatic carbocycles. The molecule has 1 aliphatic rings. The molecule has 0 bridgehead atoms. The number of primary amides is 1. The predicted molar refractivity (Wildman–Crippen MR) is 85.8 cm³/mol. The average molecular weight is 402 g/mol. The SMILES string of the molecule is CN1CC(c2nn(C)cc2C(F)(F)F)C(C(N)=O)(c2cccc(F)c2F)C1=O. The molecule has 3 rings (SSSR count). The number of likely N-dealkylation sites (N-methyl/N-ethyl adjacent to an activating group) is 1. The van der Waals surface area contributed by atoms with Gasteiger partial charge in [0.15, 0.2) is 17.0 Å².